The zero-order valence-corrected chi connectivity index (χ0v) is 15.0. The van der Waals surface area contributed by atoms with Gasteiger partial charge in [0.2, 0.25) is 5.91 Å². The maximum absolute atomic E-state index is 12.4. The van der Waals surface area contributed by atoms with Gasteiger partial charge in [-0.1, -0.05) is 34.1 Å². The van der Waals surface area contributed by atoms with Gasteiger partial charge < -0.3 is 15.1 Å². The number of carbonyl (C=O) groups is 2. The van der Waals surface area contributed by atoms with Crippen LogP contribution in [0.25, 0.3) is 0 Å². The third kappa shape index (κ3) is 4.59. The van der Waals surface area contributed by atoms with Gasteiger partial charge in [0.25, 0.3) is 5.91 Å². The highest BCUT2D eigenvalue weighted by Crippen LogP contribution is 2.15. The van der Waals surface area contributed by atoms with E-state index in [-0.39, 0.29) is 17.4 Å². The minimum Gasteiger partial charge on any atom is -0.386 e. The van der Waals surface area contributed by atoms with Crippen molar-refractivity contribution in [1.82, 2.24) is 15.1 Å². The number of amides is 2. The molecule has 1 saturated heterocycles. The highest BCUT2D eigenvalue weighted by molar-refractivity contribution is 9.10. The van der Waals surface area contributed by atoms with Crippen LogP contribution in [0.15, 0.2) is 40.5 Å². The van der Waals surface area contributed by atoms with Crippen LogP contribution in [0.2, 0.25) is 0 Å². The van der Waals surface area contributed by atoms with Gasteiger partial charge in [-0.15, -0.1) is 0 Å². The van der Waals surface area contributed by atoms with E-state index in [1.807, 2.05) is 30.3 Å². The van der Waals surface area contributed by atoms with E-state index in [0.29, 0.717) is 32.7 Å². The van der Waals surface area contributed by atoms with E-state index in [1.165, 1.54) is 13.1 Å². The predicted molar refractivity (Wildman–Crippen MR) is 93.5 cm³/mol. The molecule has 1 aliphatic heterocycles. The Morgan fingerprint density at radius 3 is 2.46 bits per heavy atom. The smallest absolute Gasteiger partial charge is 0.266 e. The van der Waals surface area contributed by atoms with Crippen LogP contribution in [0.5, 0.6) is 0 Å². The Hall–Kier alpha value is -2.33. The quantitative estimate of drug-likeness (QED) is 0.626. The average molecular weight is 391 g/mol. The molecular weight excluding hydrogens is 372 g/mol. The molecule has 0 bridgehead atoms. The van der Waals surface area contributed by atoms with Crippen molar-refractivity contribution in [3.05, 3.63) is 46.1 Å². The Labute approximate surface area is 149 Å². The number of nitriles is 1. The van der Waals surface area contributed by atoms with Crippen molar-refractivity contribution in [1.29, 1.82) is 5.26 Å². The highest BCUT2D eigenvalue weighted by Gasteiger charge is 2.24. The summed E-state index contributed by atoms with van der Waals surface area (Å²) >= 11 is 3.46. The first-order valence-corrected chi connectivity index (χ1v) is 8.44. The second-order valence-corrected chi connectivity index (χ2v) is 6.29. The van der Waals surface area contributed by atoms with Crippen molar-refractivity contribution < 1.29 is 9.59 Å². The molecule has 6 nitrogen and oxygen atoms in total. The van der Waals surface area contributed by atoms with Crippen molar-refractivity contribution in [2.45, 2.75) is 13.5 Å². The molecular formula is C17H19BrN4O2. The van der Waals surface area contributed by atoms with Crippen LogP contribution in [0.4, 0.5) is 0 Å². The number of nitrogens with one attached hydrogen (secondary N) is 1. The molecule has 24 heavy (non-hydrogen) atoms. The summed E-state index contributed by atoms with van der Waals surface area (Å²) in [5.74, 6) is -0.298. The van der Waals surface area contributed by atoms with Crippen LogP contribution in [-0.4, -0.2) is 47.8 Å². The molecule has 1 heterocycles. The second-order valence-electron chi connectivity index (χ2n) is 5.44. The van der Waals surface area contributed by atoms with Gasteiger partial charge in [0.1, 0.15) is 11.6 Å². The maximum atomic E-state index is 12.4. The molecule has 1 aromatic rings. The summed E-state index contributed by atoms with van der Waals surface area (Å²) in [5.41, 5.74) is 1.10. The fraction of sp³-hybridized carbons (Fsp3) is 0.353. The fourth-order valence-corrected chi connectivity index (χ4v) is 2.87. The van der Waals surface area contributed by atoms with E-state index in [0.717, 1.165) is 10.0 Å². The van der Waals surface area contributed by atoms with Crippen molar-refractivity contribution in [2.24, 2.45) is 0 Å². The van der Waals surface area contributed by atoms with Gasteiger partial charge in [0.05, 0.1) is 0 Å². The minimum absolute atomic E-state index is 0.00764. The van der Waals surface area contributed by atoms with Crippen molar-refractivity contribution >= 4 is 27.7 Å². The summed E-state index contributed by atoms with van der Waals surface area (Å²) in [4.78, 5) is 27.0. The molecule has 0 atom stereocenters. The molecule has 1 aromatic carbocycles. The molecule has 0 radical (unpaired) electrons. The molecule has 126 valence electrons. The van der Waals surface area contributed by atoms with E-state index < -0.39 is 0 Å². The third-order valence-electron chi connectivity index (χ3n) is 3.86. The monoisotopic (exact) mass is 390 g/mol. The number of hydrogen-bond acceptors (Lipinski definition) is 4. The molecule has 1 fully saturated rings. The first-order chi connectivity index (χ1) is 11.5. The summed E-state index contributed by atoms with van der Waals surface area (Å²) < 4.78 is 0.969. The van der Waals surface area contributed by atoms with Crippen molar-refractivity contribution in [2.75, 3.05) is 26.2 Å². The maximum Gasteiger partial charge on any atom is 0.266 e. The Morgan fingerprint density at radius 1 is 1.25 bits per heavy atom. The van der Waals surface area contributed by atoms with Crippen LogP contribution >= 0.6 is 15.9 Å². The lowest BCUT2D eigenvalue weighted by molar-refractivity contribution is -0.136. The van der Waals surface area contributed by atoms with Gasteiger partial charge in [0, 0.05) is 50.3 Å². The molecule has 2 rings (SSSR count). The van der Waals surface area contributed by atoms with Gasteiger partial charge in [-0.2, -0.15) is 5.26 Å². The van der Waals surface area contributed by atoms with E-state index >= 15 is 0 Å². The van der Waals surface area contributed by atoms with Crippen LogP contribution < -0.4 is 5.32 Å². The van der Waals surface area contributed by atoms with Crippen LogP contribution in [0, 0.1) is 11.3 Å². The number of piperazine rings is 1. The lowest BCUT2D eigenvalue weighted by Crippen LogP contribution is -2.50. The highest BCUT2D eigenvalue weighted by atomic mass is 79.9. The summed E-state index contributed by atoms with van der Waals surface area (Å²) in [7, 11) is 0. The zero-order chi connectivity index (χ0) is 17.5. The first-order valence-electron chi connectivity index (χ1n) is 7.64. The van der Waals surface area contributed by atoms with Gasteiger partial charge in [-0.05, 0) is 11.6 Å². The molecule has 0 aliphatic carbocycles. The first kappa shape index (κ1) is 18.0. The van der Waals surface area contributed by atoms with Crippen LogP contribution in [0.3, 0.4) is 0 Å². The normalized spacial score (nSPS) is 15.0. The van der Waals surface area contributed by atoms with E-state index in [2.05, 4.69) is 21.2 Å². The summed E-state index contributed by atoms with van der Waals surface area (Å²) in [6.07, 6.45) is 1.46. The Kier molecular flexibility index (Phi) is 6.38. The Balaban J connectivity index is 1.93. The van der Waals surface area contributed by atoms with Crippen molar-refractivity contribution in [3.63, 3.8) is 0 Å². The summed E-state index contributed by atoms with van der Waals surface area (Å²) in [6, 6.07) is 9.70. The fourth-order valence-electron chi connectivity index (χ4n) is 2.44. The second kappa shape index (κ2) is 8.50. The SMILES string of the molecule is CC(=O)N1CCN(C(=O)/C(C#N)=C\NCc2ccccc2Br)CC1. The molecule has 0 aromatic heterocycles. The van der Waals surface area contributed by atoms with Gasteiger partial charge >= 0.3 is 0 Å². The van der Waals surface area contributed by atoms with Gasteiger partial charge in [-0.3, -0.25) is 9.59 Å². The zero-order valence-electron chi connectivity index (χ0n) is 13.5. The molecule has 1 aliphatic rings. The molecule has 0 unspecified atom stereocenters. The number of nitrogens with zero attached hydrogens (tertiary/aromatic N) is 3. The number of rotatable bonds is 4. The number of hydrogen-bond donors (Lipinski definition) is 1. The number of benzene rings is 1. The van der Waals surface area contributed by atoms with Crippen LogP contribution in [0.1, 0.15) is 12.5 Å². The standard InChI is InChI=1S/C17H19BrN4O2/c1-13(23)21-6-8-22(9-7-21)17(24)15(10-19)12-20-11-14-4-2-3-5-16(14)18/h2-5,12,20H,6-9,11H2,1H3/b15-12-. The third-order valence-corrected chi connectivity index (χ3v) is 4.63. The van der Waals surface area contributed by atoms with Gasteiger partial charge in [-0.25, -0.2) is 0 Å². The largest absolute Gasteiger partial charge is 0.386 e. The molecule has 0 saturated carbocycles. The van der Waals surface area contributed by atoms with E-state index in [4.69, 9.17) is 0 Å². The van der Waals surface area contributed by atoms with Crippen LogP contribution in [-0.2, 0) is 16.1 Å². The molecule has 2 amide bonds. The van der Waals surface area contributed by atoms with Gasteiger partial charge in [0.15, 0.2) is 0 Å². The molecule has 0 spiro atoms. The summed E-state index contributed by atoms with van der Waals surface area (Å²) in [5, 5.41) is 12.3. The number of carbonyl (C=O) groups excluding carboxylic acids is 2. The average Bonchev–Trinajstić information content (AvgIpc) is 2.60. The topological polar surface area (TPSA) is 76.4 Å². The Morgan fingerprint density at radius 2 is 1.88 bits per heavy atom. The van der Waals surface area contributed by atoms with E-state index in [9.17, 15) is 14.9 Å². The summed E-state index contributed by atoms with van der Waals surface area (Å²) in [6.45, 7) is 3.93. The lowest BCUT2D eigenvalue weighted by atomic mass is 10.2. The minimum atomic E-state index is -0.305. The van der Waals surface area contributed by atoms with Crippen molar-refractivity contribution in [3.8, 4) is 6.07 Å². The number of halogens is 1. The Bertz CT molecular complexity index is 688. The molecule has 1 N–H and O–H groups in total. The lowest BCUT2D eigenvalue weighted by Gasteiger charge is -2.34. The van der Waals surface area contributed by atoms with E-state index in [1.54, 1.807) is 9.80 Å². The predicted octanol–water partition coefficient (Wildman–Crippen LogP) is 1.64. The molecule has 7 heteroatoms.